The summed E-state index contributed by atoms with van der Waals surface area (Å²) in [5.74, 6) is 0.574. The molecule has 2 aromatic rings. The predicted octanol–water partition coefficient (Wildman–Crippen LogP) is 5.25. The molecule has 2 saturated carbocycles. The molecule has 0 aromatic carbocycles. The minimum absolute atomic E-state index is 0.0512. The van der Waals surface area contributed by atoms with Crippen molar-refractivity contribution in [3.8, 4) is 5.88 Å². The summed E-state index contributed by atoms with van der Waals surface area (Å²) in [5, 5.41) is 0. The molecular weight excluding hydrogens is 469 g/mol. The molecule has 2 saturated heterocycles. The summed E-state index contributed by atoms with van der Waals surface area (Å²) < 4.78 is 42.3. The highest BCUT2D eigenvalue weighted by atomic mass is 19.3. The zero-order chi connectivity index (χ0) is 24.9. The maximum atomic E-state index is 13.4. The third-order valence-corrected chi connectivity index (χ3v) is 8.90. The van der Waals surface area contributed by atoms with E-state index in [0.717, 1.165) is 82.3 Å². The molecule has 0 N–H and O–H groups in total. The van der Waals surface area contributed by atoms with Crippen LogP contribution in [0.15, 0.2) is 36.8 Å². The van der Waals surface area contributed by atoms with Gasteiger partial charge in [0.1, 0.15) is 5.82 Å². The van der Waals surface area contributed by atoms with Gasteiger partial charge in [0.05, 0.1) is 6.20 Å². The van der Waals surface area contributed by atoms with E-state index in [1.54, 1.807) is 18.5 Å². The van der Waals surface area contributed by atoms with E-state index < -0.39 is 6.61 Å². The van der Waals surface area contributed by atoms with Crippen molar-refractivity contribution >= 4 is 6.03 Å². The molecule has 0 bridgehead atoms. The van der Waals surface area contributed by atoms with Crippen LogP contribution in [-0.2, 0) is 6.42 Å². The fourth-order valence-electron chi connectivity index (χ4n) is 6.96. The monoisotopic (exact) mass is 500 g/mol. The summed E-state index contributed by atoms with van der Waals surface area (Å²) in [4.78, 5) is 24.9. The normalized spacial score (nSPS) is 22.9. The van der Waals surface area contributed by atoms with Gasteiger partial charge in [-0.2, -0.15) is 8.78 Å². The third kappa shape index (κ3) is 4.52. The number of hydrogen-bond acceptors (Lipinski definition) is 4. The Balaban J connectivity index is 0.919. The molecule has 6 nitrogen and oxygen atoms in total. The number of hydrogen-bond donors (Lipinski definition) is 0. The lowest BCUT2D eigenvalue weighted by molar-refractivity contribution is -0.0767. The summed E-state index contributed by atoms with van der Waals surface area (Å²) in [5.41, 5.74) is 2.49. The molecule has 4 fully saturated rings. The first-order chi connectivity index (χ1) is 17.3. The first-order valence-electron chi connectivity index (χ1n) is 12.8. The van der Waals surface area contributed by atoms with E-state index in [9.17, 15) is 18.0 Å². The number of nitrogens with zero attached hydrogens (tertiary/aromatic N) is 4. The van der Waals surface area contributed by atoms with Gasteiger partial charge in [-0.05, 0) is 74.0 Å². The van der Waals surface area contributed by atoms with Gasteiger partial charge < -0.3 is 14.5 Å². The lowest BCUT2D eigenvalue weighted by Gasteiger charge is -2.61. The minimum Gasteiger partial charge on any atom is -0.417 e. The molecule has 2 aromatic heterocycles. The van der Waals surface area contributed by atoms with Crippen LogP contribution in [0, 0.1) is 22.6 Å². The Morgan fingerprint density at radius 3 is 2.33 bits per heavy atom. The molecule has 4 heterocycles. The highest BCUT2D eigenvalue weighted by Crippen LogP contribution is 2.56. The fourth-order valence-corrected chi connectivity index (χ4v) is 6.96. The molecule has 4 aliphatic rings. The summed E-state index contributed by atoms with van der Waals surface area (Å²) >= 11 is 0. The largest absolute Gasteiger partial charge is 0.417 e. The third-order valence-electron chi connectivity index (χ3n) is 8.90. The molecule has 36 heavy (non-hydrogen) atoms. The first-order valence-corrected chi connectivity index (χ1v) is 12.8. The Labute approximate surface area is 208 Å². The number of pyridine rings is 2. The van der Waals surface area contributed by atoms with Crippen LogP contribution in [0.2, 0.25) is 0 Å². The van der Waals surface area contributed by atoms with Gasteiger partial charge in [-0.15, -0.1) is 0 Å². The van der Waals surface area contributed by atoms with Gasteiger partial charge in [-0.3, -0.25) is 4.98 Å². The number of alkyl halides is 2. The van der Waals surface area contributed by atoms with Crippen LogP contribution in [0.3, 0.4) is 0 Å². The number of amides is 2. The van der Waals surface area contributed by atoms with Crippen molar-refractivity contribution in [2.24, 2.45) is 16.7 Å². The number of carbonyl (C=O) groups excluding carboxylic acids is 1. The van der Waals surface area contributed by atoms with E-state index in [4.69, 9.17) is 0 Å². The van der Waals surface area contributed by atoms with Gasteiger partial charge in [0.15, 0.2) is 0 Å². The quantitative estimate of drug-likeness (QED) is 0.563. The van der Waals surface area contributed by atoms with Crippen molar-refractivity contribution in [1.29, 1.82) is 0 Å². The Morgan fingerprint density at radius 1 is 1.03 bits per heavy atom. The number of halogens is 3. The van der Waals surface area contributed by atoms with E-state index in [1.165, 1.54) is 12.3 Å². The first kappa shape index (κ1) is 23.6. The van der Waals surface area contributed by atoms with Gasteiger partial charge in [0, 0.05) is 55.5 Å². The second-order valence-electron chi connectivity index (χ2n) is 11.6. The Morgan fingerprint density at radius 2 is 1.72 bits per heavy atom. The average molecular weight is 501 g/mol. The maximum absolute atomic E-state index is 13.4. The summed E-state index contributed by atoms with van der Waals surface area (Å²) in [6.07, 6.45) is 12.0. The minimum atomic E-state index is -2.86. The molecule has 0 atom stereocenters. The van der Waals surface area contributed by atoms with Crippen molar-refractivity contribution < 1.29 is 22.7 Å². The lowest BCUT2D eigenvalue weighted by Crippen LogP contribution is -2.69. The number of aromatic nitrogens is 2. The van der Waals surface area contributed by atoms with Gasteiger partial charge in [-0.1, -0.05) is 6.07 Å². The number of likely N-dealkylation sites (tertiary alicyclic amines) is 2. The van der Waals surface area contributed by atoms with Crippen LogP contribution in [0.4, 0.5) is 18.0 Å². The zero-order valence-electron chi connectivity index (χ0n) is 20.2. The standard InChI is InChI=1S/C27H31F3N4O2/c28-22-8-20(12-31-13-22)21-9-27(10-21)16-34(17-27)25(35)33-14-26(15-33)5-3-18(4-6-26)7-19-1-2-23(32-11-19)36-24(29)30/h1-2,8,11-13,18,21,24H,3-7,9-10,14-17H2. The van der Waals surface area contributed by atoms with Crippen LogP contribution >= 0.6 is 0 Å². The summed E-state index contributed by atoms with van der Waals surface area (Å²) in [7, 11) is 0. The molecule has 2 spiro atoms. The summed E-state index contributed by atoms with van der Waals surface area (Å²) in [6.45, 7) is 0.462. The van der Waals surface area contributed by atoms with E-state index in [0.29, 0.717) is 11.8 Å². The van der Waals surface area contributed by atoms with E-state index in [2.05, 4.69) is 14.7 Å². The Bertz CT molecular complexity index is 1100. The van der Waals surface area contributed by atoms with Crippen molar-refractivity contribution in [2.75, 3.05) is 26.2 Å². The predicted molar refractivity (Wildman–Crippen MR) is 126 cm³/mol. The highest BCUT2D eigenvalue weighted by Gasteiger charge is 2.56. The Hall–Kier alpha value is -2.84. The molecule has 2 amide bonds. The van der Waals surface area contributed by atoms with Crippen LogP contribution in [-0.4, -0.2) is 58.6 Å². The molecule has 2 aliphatic carbocycles. The summed E-state index contributed by atoms with van der Waals surface area (Å²) in [6, 6.07) is 5.07. The van der Waals surface area contributed by atoms with Crippen LogP contribution in [0.5, 0.6) is 5.88 Å². The number of urea groups is 1. The molecule has 192 valence electrons. The van der Waals surface area contributed by atoms with Crippen LogP contribution in [0.25, 0.3) is 0 Å². The van der Waals surface area contributed by atoms with Gasteiger partial charge in [0.25, 0.3) is 0 Å². The SMILES string of the molecule is O=C(N1CC2(CCC(Cc3ccc(OC(F)F)nc3)CC2)C1)N1CC2(CC(c3cncc(F)c3)C2)C1. The van der Waals surface area contributed by atoms with Gasteiger partial charge in [0.2, 0.25) is 5.88 Å². The lowest BCUT2D eigenvalue weighted by atomic mass is 9.56. The van der Waals surface area contributed by atoms with Gasteiger partial charge in [-0.25, -0.2) is 14.2 Å². The number of ether oxygens (including phenoxy) is 1. The van der Waals surface area contributed by atoms with Gasteiger partial charge >= 0.3 is 12.6 Å². The van der Waals surface area contributed by atoms with Crippen molar-refractivity contribution in [3.63, 3.8) is 0 Å². The van der Waals surface area contributed by atoms with Crippen molar-refractivity contribution in [3.05, 3.63) is 53.7 Å². The smallest absolute Gasteiger partial charge is 0.388 e. The number of rotatable bonds is 5. The highest BCUT2D eigenvalue weighted by molar-refractivity contribution is 5.77. The van der Waals surface area contributed by atoms with E-state index >= 15 is 0 Å². The maximum Gasteiger partial charge on any atom is 0.388 e. The average Bonchev–Trinajstić information content (AvgIpc) is 2.77. The zero-order valence-corrected chi connectivity index (χ0v) is 20.2. The molecule has 0 unspecified atom stereocenters. The molecular formula is C27H31F3N4O2. The van der Waals surface area contributed by atoms with E-state index in [-0.39, 0.29) is 28.6 Å². The van der Waals surface area contributed by atoms with Crippen LogP contribution in [0.1, 0.15) is 55.6 Å². The fraction of sp³-hybridized carbons (Fsp3) is 0.593. The van der Waals surface area contributed by atoms with Crippen molar-refractivity contribution in [1.82, 2.24) is 19.8 Å². The molecule has 9 heteroatoms. The Kier molecular flexibility index (Phi) is 5.84. The molecule has 6 rings (SSSR count). The second-order valence-corrected chi connectivity index (χ2v) is 11.6. The number of carbonyl (C=O) groups is 1. The topological polar surface area (TPSA) is 58.6 Å². The second kappa shape index (κ2) is 8.92. The molecule has 2 aliphatic heterocycles. The van der Waals surface area contributed by atoms with Crippen molar-refractivity contribution in [2.45, 2.75) is 57.5 Å². The van der Waals surface area contributed by atoms with E-state index in [1.807, 2.05) is 15.9 Å². The van der Waals surface area contributed by atoms with Crippen LogP contribution < -0.4 is 4.74 Å². The molecule has 0 radical (unpaired) electrons.